The van der Waals surface area contributed by atoms with Crippen LogP contribution in [0.15, 0.2) is 57.7 Å². The number of ether oxygens (including phenoxy) is 2. The molecule has 144 valence electrons. The van der Waals surface area contributed by atoms with Crippen LogP contribution in [-0.4, -0.2) is 32.1 Å². The van der Waals surface area contributed by atoms with E-state index in [4.69, 9.17) is 25.5 Å². The molecular weight excluding hydrogens is 386 g/mol. The highest BCUT2D eigenvalue weighted by atomic mass is 35.5. The number of fused-ring (bicyclic) bond motifs is 1. The summed E-state index contributed by atoms with van der Waals surface area (Å²) in [5.41, 5.74) is -0.516. The van der Waals surface area contributed by atoms with Gasteiger partial charge in [-0.2, -0.15) is 0 Å². The Morgan fingerprint density at radius 1 is 1.11 bits per heavy atom. The van der Waals surface area contributed by atoms with Gasteiger partial charge in [-0.25, -0.2) is 9.59 Å². The van der Waals surface area contributed by atoms with Crippen LogP contribution in [0.5, 0.6) is 5.75 Å². The van der Waals surface area contributed by atoms with Gasteiger partial charge in [-0.15, -0.1) is 0 Å². The number of methoxy groups -OCH3 is 1. The van der Waals surface area contributed by atoms with Crippen molar-refractivity contribution < 1.29 is 23.5 Å². The third-order valence-corrected chi connectivity index (χ3v) is 4.18. The number of hydrogen-bond acceptors (Lipinski definition) is 6. The summed E-state index contributed by atoms with van der Waals surface area (Å²) in [7, 11) is 1.51. The van der Waals surface area contributed by atoms with Gasteiger partial charge in [0.15, 0.2) is 0 Å². The molecular formula is C20H16ClNO6. The second-order valence-corrected chi connectivity index (χ2v) is 6.17. The third-order valence-electron chi connectivity index (χ3n) is 3.85. The maximum absolute atomic E-state index is 12.2. The molecule has 0 aliphatic heterocycles. The fraction of sp³-hybridized carbons (Fsp3) is 0.150. The minimum atomic E-state index is -0.794. The van der Waals surface area contributed by atoms with Gasteiger partial charge in [0.1, 0.15) is 16.9 Å². The van der Waals surface area contributed by atoms with Crippen LogP contribution in [0, 0.1) is 0 Å². The van der Waals surface area contributed by atoms with Gasteiger partial charge >= 0.3 is 11.6 Å². The maximum atomic E-state index is 12.2. The van der Waals surface area contributed by atoms with E-state index in [1.165, 1.54) is 25.3 Å². The van der Waals surface area contributed by atoms with Crippen molar-refractivity contribution in [3.05, 3.63) is 75.1 Å². The summed E-state index contributed by atoms with van der Waals surface area (Å²) in [4.78, 5) is 36.4. The second kappa shape index (κ2) is 8.69. The van der Waals surface area contributed by atoms with Gasteiger partial charge in [0.2, 0.25) is 0 Å². The number of carbonyl (C=O) groups is 2. The average Bonchev–Trinajstić information content (AvgIpc) is 2.67. The zero-order chi connectivity index (χ0) is 20.1. The van der Waals surface area contributed by atoms with Gasteiger partial charge in [-0.05, 0) is 30.3 Å². The molecule has 1 N–H and O–H groups in total. The standard InChI is InChI=1S/C20H16ClNO6/c1-26-9-8-22-18(23)15-10-12-6-7-13(11-17(12)28-20(15)25)27-19(24)14-4-2-3-5-16(14)21/h2-7,10-11H,8-9H2,1H3,(H,22,23). The molecule has 3 aromatic rings. The Morgan fingerprint density at radius 2 is 1.89 bits per heavy atom. The predicted octanol–water partition coefficient (Wildman–Crippen LogP) is 3.04. The van der Waals surface area contributed by atoms with Crippen molar-refractivity contribution >= 4 is 34.4 Å². The quantitative estimate of drug-likeness (QED) is 0.295. The molecule has 28 heavy (non-hydrogen) atoms. The Labute approximate surface area is 164 Å². The number of carbonyl (C=O) groups excluding carboxylic acids is 2. The van der Waals surface area contributed by atoms with Gasteiger partial charge in [0, 0.05) is 25.1 Å². The molecule has 0 fully saturated rings. The lowest BCUT2D eigenvalue weighted by molar-refractivity contribution is 0.0735. The predicted molar refractivity (Wildman–Crippen MR) is 103 cm³/mol. The zero-order valence-corrected chi connectivity index (χ0v) is 15.6. The van der Waals surface area contributed by atoms with E-state index < -0.39 is 17.5 Å². The van der Waals surface area contributed by atoms with E-state index >= 15 is 0 Å². The van der Waals surface area contributed by atoms with Crippen LogP contribution in [0.2, 0.25) is 5.02 Å². The van der Waals surface area contributed by atoms with E-state index in [0.717, 1.165) is 0 Å². The summed E-state index contributed by atoms with van der Waals surface area (Å²) in [6.07, 6.45) is 0. The monoisotopic (exact) mass is 401 g/mol. The minimum Gasteiger partial charge on any atom is -0.423 e. The molecule has 0 spiro atoms. The lowest BCUT2D eigenvalue weighted by Gasteiger charge is -2.07. The van der Waals surface area contributed by atoms with Crippen molar-refractivity contribution in [2.24, 2.45) is 0 Å². The second-order valence-electron chi connectivity index (χ2n) is 5.77. The Hall–Kier alpha value is -3.16. The summed E-state index contributed by atoms with van der Waals surface area (Å²) >= 11 is 5.99. The van der Waals surface area contributed by atoms with Crippen LogP contribution >= 0.6 is 11.6 Å². The highest BCUT2D eigenvalue weighted by molar-refractivity contribution is 6.33. The number of nitrogens with one attached hydrogen (secondary N) is 1. The van der Waals surface area contributed by atoms with E-state index in [1.54, 1.807) is 30.3 Å². The van der Waals surface area contributed by atoms with Crippen LogP contribution in [-0.2, 0) is 4.74 Å². The van der Waals surface area contributed by atoms with Crippen molar-refractivity contribution in [1.82, 2.24) is 5.32 Å². The Bertz CT molecular complexity index is 1090. The zero-order valence-electron chi connectivity index (χ0n) is 14.9. The third kappa shape index (κ3) is 4.39. The summed E-state index contributed by atoms with van der Waals surface area (Å²) < 4.78 is 15.3. The van der Waals surface area contributed by atoms with Crippen LogP contribution in [0.1, 0.15) is 20.7 Å². The Morgan fingerprint density at radius 3 is 2.64 bits per heavy atom. The lowest BCUT2D eigenvalue weighted by atomic mass is 10.1. The fourth-order valence-electron chi connectivity index (χ4n) is 2.46. The smallest absolute Gasteiger partial charge is 0.349 e. The van der Waals surface area contributed by atoms with Gasteiger partial charge in [0.05, 0.1) is 17.2 Å². The Kier molecular flexibility index (Phi) is 6.08. The van der Waals surface area contributed by atoms with E-state index in [1.807, 2.05) is 0 Å². The highest BCUT2D eigenvalue weighted by Gasteiger charge is 2.16. The number of rotatable bonds is 6. The molecule has 0 saturated carbocycles. The molecule has 0 unspecified atom stereocenters. The lowest BCUT2D eigenvalue weighted by Crippen LogP contribution is -2.30. The van der Waals surface area contributed by atoms with Crippen molar-refractivity contribution in [2.75, 3.05) is 20.3 Å². The first-order chi connectivity index (χ1) is 13.5. The van der Waals surface area contributed by atoms with Crippen molar-refractivity contribution in [3.63, 3.8) is 0 Å². The van der Waals surface area contributed by atoms with Crippen molar-refractivity contribution in [1.29, 1.82) is 0 Å². The molecule has 1 aromatic heterocycles. The molecule has 0 radical (unpaired) electrons. The summed E-state index contributed by atoms with van der Waals surface area (Å²) in [5.74, 6) is -1.01. The SMILES string of the molecule is COCCNC(=O)c1cc2ccc(OC(=O)c3ccccc3Cl)cc2oc1=O. The molecule has 0 atom stereocenters. The van der Waals surface area contributed by atoms with E-state index in [0.29, 0.717) is 12.0 Å². The average molecular weight is 402 g/mol. The molecule has 0 aliphatic carbocycles. The summed E-state index contributed by atoms with van der Waals surface area (Å²) in [6.45, 7) is 0.592. The van der Waals surface area contributed by atoms with Crippen LogP contribution in [0.25, 0.3) is 11.0 Å². The van der Waals surface area contributed by atoms with Crippen LogP contribution in [0.3, 0.4) is 0 Å². The molecule has 0 saturated heterocycles. The first kappa shape index (κ1) is 19.6. The van der Waals surface area contributed by atoms with Crippen LogP contribution < -0.4 is 15.7 Å². The number of halogens is 1. The normalized spacial score (nSPS) is 10.6. The molecule has 7 nitrogen and oxygen atoms in total. The number of amides is 1. The van der Waals surface area contributed by atoms with E-state index in [9.17, 15) is 14.4 Å². The Balaban J connectivity index is 1.83. The first-order valence-corrected chi connectivity index (χ1v) is 8.69. The topological polar surface area (TPSA) is 94.8 Å². The molecule has 0 aliphatic rings. The molecule has 0 bridgehead atoms. The number of esters is 1. The fourth-order valence-corrected chi connectivity index (χ4v) is 2.68. The molecule has 8 heteroatoms. The molecule has 1 heterocycles. The van der Waals surface area contributed by atoms with E-state index in [-0.39, 0.29) is 34.0 Å². The van der Waals surface area contributed by atoms with Gasteiger partial charge in [-0.1, -0.05) is 23.7 Å². The number of hydrogen-bond donors (Lipinski definition) is 1. The van der Waals surface area contributed by atoms with E-state index in [2.05, 4.69) is 5.32 Å². The van der Waals surface area contributed by atoms with Gasteiger partial charge in [-0.3, -0.25) is 4.79 Å². The summed E-state index contributed by atoms with van der Waals surface area (Å²) in [6, 6.07) is 12.4. The summed E-state index contributed by atoms with van der Waals surface area (Å²) in [5, 5.41) is 3.34. The first-order valence-electron chi connectivity index (χ1n) is 8.31. The highest BCUT2D eigenvalue weighted by Crippen LogP contribution is 2.23. The molecule has 2 aromatic carbocycles. The van der Waals surface area contributed by atoms with Crippen LogP contribution in [0.4, 0.5) is 0 Å². The molecule has 3 rings (SSSR count). The van der Waals surface area contributed by atoms with Gasteiger partial charge < -0.3 is 19.2 Å². The minimum absolute atomic E-state index is 0.121. The van der Waals surface area contributed by atoms with Gasteiger partial charge in [0.25, 0.3) is 5.91 Å². The van der Waals surface area contributed by atoms with Crippen molar-refractivity contribution in [2.45, 2.75) is 0 Å². The largest absolute Gasteiger partial charge is 0.423 e. The number of benzene rings is 2. The molecule has 1 amide bonds. The maximum Gasteiger partial charge on any atom is 0.349 e. The van der Waals surface area contributed by atoms with Crippen molar-refractivity contribution in [3.8, 4) is 5.75 Å².